The summed E-state index contributed by atoms with van der Waals surface area (Å²) >= 11 is 0. The molecule has 0 unspecified atom stereocenters. The van der Waals surface area contributed by atoms with Crippen LogP contribution in [0.1, 0.15) is 22.5 Å². The van der Waals surface area contributed by atoms with Crippen LogP contribution in [0.5, 0.6) is 0 Å². The Morgan fingerprint density at radius 2 is 1.61 bits per heavy atom. The Morgan fingerprint density at radius 3 is 2.29 bits per heavy atom. The van der Waals surface area contributed by atoms with Gasteiger partial charge in [-0.05, 0) is 26.0 Å². The summed E-state index contributed by atoms with van der Waals surface area (Å²) in [5.74, 6) is 0. The average Bonchev–Trinajstić information content (AvgIpc) is 3.02. The Morgan fingerprint density at radius 1 is 0.964 bits per heavy atom. The van der Waals surface area contributed by atoms with Gasteiger partial charge in [0.05, 0.1) is 49.5 Å². The fourth-order valence-electron chi connectivity index (χ4n) is 3.79. The molecule has 1 N–H and O–H groups in total. The molecule has 5 nitrogen and oxygen atoms in total. The van der Waals surface area contributed by atoms with Crippen LogP contribution < -0.4 is 4.90 Å². The normalized spacial score (nSPS) is 15.4. The first-order valence-corrected chi connectivity index (χ1v) is 9.99. The number of nitrogens with zero attached hydrogens (tertiary/aromatic N) is 4. The molecule has 144 valence electrons. The monoisotopic (exact) mass is 374 g/mol. The first-order valence-electron chi connectivity index (χ1n) is 9.99. The van der Waals surface area contributed by atoms with Crippen molar-refractivity contribution in [1.29, 1.82) is 0 Å². The maximum atomic E-state index is 4.77. The summed E-state index contributed by atoms with van der Waals surface area (Å²) in [6.45, 7) is 9.47. The summed E-state index contributed by atoms with van der Waals surface area (Å²) in [5, 5.41) is 11.7. The number of piperazine rings is 1. The second-order valence-electron chi connectivity index (χ2n) is 7.44. The second-order valence-corrected chi connectivity index (χ2v) is 7.44. The van der Waals surface area contributed by atoms with Crippen LogP contribution in [0, 0.1) is 13.8 Å². The minimum atomic E-state index is 0.990. The van der Waals surface area contributed by atoms with E-state index in [9.17, 15) is 0 Å². The van der Waals surface area contributed by atoms with E-state index < -0.39 is 0 Å². The zero-order valence-electron chi connectivity index (χ0n) is 16.7. The number of quaternary nitrogens is 1. The first-order chi connectivity index (χ1) is 13.7. The number of rotatable bonds is 5. The quantitative estimate of drug-likeness (QED) is 0.696. The number of hydrogen-bond donors (Lipinski definition) is 1. The van der Waals surface area contributed by atoms with Crippen molar-refractivity contribution >= 4 is 6.21 Å². The van der Waals surface area contributed by atoms with Gasteiger partial charge in [-0.3, -0.25) is 5.01 Å². The number of hydrogen-bond acceptors (Lipinski definition) is 3. The highest BCUT2D eigenvalue weighted by Gasteiger charge is 2.19. The van der Waals surface area contributed by atoms with E-state index in [1.807, 2.05) is 29.1 Å². The predicted molar refractivity (Wildman–Crippen MR) is 113 cm³/mol. The lowest BCUT2D eigenvalue weighted by Gasteiger charge is -2.30. The third-order valence-electron chi connectivity index (χ3n) is 5.44. The molecule has 1 saturated heterocycles. The Hall–Kier alpha value is -2.92. The fourth-order valence-corrected chi connectivity index (χ4v) is 3.79. The number of aromatic nitrogens is 2. The van der Waals surface area contributed by atoms with E-state index in [-0.39, 0.29) is 0 Å². The van der Waals surface area contributed by atoms with Crippen LogP contribution in [0.15, 0.2) is 65.8 Å². The van der Waals surface area contributed by atoms with Crippen LogP contribution in [0.3, 0.4) is 0 Å². The van der Waals surface area contributed by atoms with Crippen molar-refractivity contribution in [2.75, 3.05) is 26.2 Å². The summed E-state index contributed by atoms with van der Waals surface area (Å²) in [4.78, 5) is 1.63. The molecule has 5 heteroatoms. The summed E-state index contributed by atoms with van der Waals surface area (Å²) in [5.41, 5.74) is 5.75. The molecule has 3 aromatic rings. The largest absolute Gasteiger partial charge is 0.328 e. The van der Waals surface area contributed by atoms with Gasteiger partial charge in [0.25, 0.3) is 0 Å². The molecule has 0 saturated carbocycles. The molecule has 0 radical (unpaired) electrons. The van der Waals surface area contributed by atoms with Crippen molar-refractivity contribution in [2.45, 2.75) is 20.4 Å². The lowest BCUT2D eigenvalue weighted by Crippen LogP contribution is -3.13. The van der Waals surface area contributed by atoms with Crippen LogP contribution in [0.25, 0.3) is 5.69 Å². The van der Waals surface area contributed by atoms with E-state index in [1.54, 1.807) is 4.90 Å². The fraction of sp³-hybridized carbons (Fsp3) is 0.304. The zero-order chi connectivity index (χ0) is 19.3. The van der Waals surface area contributed by atoms with Crippen molar-refractivity contribution in [3.05, 3.63) is 83.2 Å². The summed E-state index contributed by atoms with van der Waals surface area (Å²) in [6.07, 6.45) is 1.99. The molecule has 4 rings (SSSR count). The van der Waals surface area contributed by atoms with E-state index in [0.717, 1.165) is 55.4 Å². The van der Waals surface area contributed by atoms with E-state index in [4.69, 9.17) is 10.2 Å². The molecule has 0 bridgehead atoms. The van der Waals surface area contributed by atoms with Gasteiger partial charge >= 0.3 is 0 Å². The smallest absolute Gasteiger partial charge is 0.103 e. The number of nitrogens with one attached hydrogen (secondary N) is 1. The maximum Gasteiger partial charge on any atom is 0.103 e. The van der Waals surface area contributed by atoms with Crippen LogP contribution in [-0.4, -0.2) is 47.2 Å². The highest BCUT2D eigenvalue weighted by molar-refractivity contribution is 5.82. The molecule has 0 aliphatic carbocycles. The van der Waals surface area contributed by atoms with E-state index >= 15 is 0 Å². The number of para-hydroxylation sites is 1. The topological polar surface area (TPSA) is 37.9 Å². The first kappa shape index (κ1) is 18.4. The Balaban J connectivity index is 1.38. The van der Waals surface area contributed by atoms with Crippen molar-refractivity contribution in [3.8, 4) is 5.69 Å². The summed E-state index contributed by atoms with van der Waals surface area (Å²) in [6, 6.07) is 21.0. The molecule has 1 aliphatic heterocycles. The van der Waals surface area contributed by atoms with Gasteiger partial charge in [0.1, 0.15) is 6.54 Å². The van der Waals surface area contributed by atoms with Gasteiger partial charge in [0.2, 0.25) is 0 Å². The lowest BCUT2D eigenvalue weighted by atomic mass is 10.2. The van der Waals surface area contributed by atoms with Gasteiger partial charge < -0.3 is 4.90 Å². The van der Waals surface area contributed by atoms with Gasteiger partial charge in [-0.25, -0.2) is 4.68 Å². The average molecular weight is 375 g/mol. The van der Waals surface area contributed by atoms with Crippen molar-refractivity contribution in [1.82, 2.24) is 14.8 Å². The molecular formula is C23H28N5+. The number of benzene rings is 2. The van der Waals surface area contributed by atoms with Gasteiger partial charge in [-0.2, -0.15) is 10.2 Å². The third-order valence-corrected chi connectivity index (χ3v) is 5.44. The second kappa shape index (κ2) is 8.40. The van der Waals surface area contributed by atoms with Crippen LogP contribution in [0.2, 0.25) is 0 Å². The highest BCUT2D eigenvalue weighted by Crippen LogP contribution is 2.16. The van der Waals surface area contributed by atoms with Gasteiger partial charge in [0.15, 0.2) is 0 Å². The number of aryl methyl sites for hydroxylation is 1. The molecule has 2 aromatic carbocycles. The van der Waals surface area contributed by atoms with Crippen molar-refractivity contribution in [3.63, 3.8) is 0 Å². The molecule has 2 heterocycles. The molecule has 1 fully saturated rings. The predicted octanol–water partition coefficient (Wildman–Crippen LogP) is 2.22. The van der Waals surface area contributed by atoms with Gasteiger partial charge in [-0.15, -0.1) is 0 Å². The molecule has 0 amide bonds. The number of hydrazone groups is 1. The molecular weight excluding hydrogens is 346 g/mol. The van der Waals surface area contributed by atoms with E-state index in [1.165, 1.54) is 5.56 Å². The molecule has 0 atom stereocenters. The van der Waals surface area contributed by atoms with Crippen LogP contribution in [0.4, 0.5) is 0 Å². The molecule has 0 spiro atoms. The Labute approximate surface area is 166 Å². The van der Waals surface area contributed by atoms with Crippen molar-refractivity contribution in [2.24, 2.45) is 5.10 Å². The Bertz CT molecular complexity index is 922. The highest BCUT2D eigenvalue weighted by atomic mass is 15.5. The Kier molecular flexibility index (Phi) is 5.53. The zero-order valence-corrected chi connectivity index (χ0v) is 16.7. The SMILES string of the molecule is Cc1nn(-c2ccccc2)c(C)c1/C=N\N1CC[NH+](Cc2ccccc2)CC1. The van der Waals surface area contributed by atoms with Gasteiger partial charge in [0, 0.05) is 11.1 Å². The minimum Gasteiger partial charge on any atom is -0.328 e. The maximum absolute atomic E-state index is 4.77. The van der Waals surface area contributed by atoms with Crippen molar-refractivity contribution < 1.29 is 4.90 Å². The van der Waals surface area contributed by atoms with Crippen LogP contribution in [-0.2, 0) is 6.54 Å². The summed E-state index contributed by atoms with van der Waals surface area (Å²) in [7, 11) is 0. The standard InChI is InChI=1S/C23H27N5/c1-19-23(20(2)28(25-19)22-11-7-4-8-12-22)17-24-27-15-13-26(14-16-27)18-21-9-5-3-6-10-21/h3-12,17H,13-16,18H2,1-2H3/p+1/b24-17-. The molecule has 28 heavy (non-hydrogen) atoms. The molecule has 1 aromatic heterocycles. The third kappa shape index (κ3) is 4.15. The lowest BCUT2D eigenvalue weighted by molar-refractivity contribution is -0.918. The van der Waals surface area contributed by atoms with E-state index in [2.05, 4.69) is 61.3 Å². The van der Waals surface area contributed by atoms with Gasteiger partial charge in [-0.1, -0.05) is 48.5 Å². The van der Waals surface area contributed by atoms with Crippen LogP contribution >= 0.6 is 0 Å². The van der Waals surface area contributed by atoms with E-state index in [0.29, 0.717) is 0 Å². The minimum absolute atomic E-state index is 0.990. The summed E-state index contributed by atoms with van der Waals surface area (Å²) < 4.78 is 2.00. The molecule has 1 aliphatic rings.